The third-order valence-electron chi connectivity index (χ3n) is 10.3. The van der Waals surface area contributed by atoms with Crippen molar-refractivity contribution >= 4 is 52.1 Å². The van der Waals surface area contributed by atoms with Crippen LogP contribution >= 0.6 is 0 Å². The standard InChI is InChI=1S/C33H33N9O4/c43-29-10-14-40(33(46)36-29)42-30(44)24-6-5-21(16-25(24)31(42)45)41-22-15-23(41)19-37(18-22)17-20-7-11-38(12-8-20)28-9-13-39-27-4-2-1-3-26(27)34-32(39)35-28/h1-6,9,13,16,20,22-23H,7-8,10-12,14-15,17-19H2,(H,36,43,46). The molecule has 2 atom stereocenters. The third-order valence-corrected chi connectivity index (χ3v) is 10.3. The maximum absolute atomic E-state index is 13.3. The van der Waals surface area contributed by atoms with Gasteiger partial charge in [-0.15, -0.1) is 0 Å². The van der Waals surface area contributed by atoms with Gasteiger partial charge in [-0.3, -0.25) is 29.0 Å². The molecule has 6 aliphatic rings. The molecule has 2 unspecified atom stereocenters. The van der Waals surface area contributed by atoms with Crippen LogP contribution in [0.4, 0.5) is 16.3 Å². The van der Waals surface area contributed by atoms with Gasteiger partial charge in [0.25, 0.3) is 11.8 Å². The van der Waals surface area contributed by atoms with E-state index in [9.17, 15) is 19.2 Å². The second-order valence-electron chi connectivity index (χ2n) is 13.0. The number of urea groups is 1. The first kappa shape index (κ1) is 27.3. The largest absolute Gasteiger partial charge is 0.363 e. The zero-order valence-corrected chi connectivity index (χ0v) is 25.2. The minimum Gasteiger partial charge on any atom is -0.363 e. The number of hydrazine groups is 1. The van der Waals surface area contributed by atoms with Crippen molar-refractivity contribution in [3.8, 4) is 0 Å². The van der Waals surface area contributed by atoms with Gasteiger partial charge in [-0.2, -0.15) is 9.99 Å². The Morgan fingerprint density at radius 1 is 0.848 bits per heavy atom. The number of nitrogens with one attached hydrogen (secondary N) is 1. The van der Waals surface area contributed by atoms with Gasteiger partial charge < -0.3 is 9.80 Å². The molecule has 8 heterocycles. The Morgan fingerprint density at radius 3 is 2.43 bits per heavy atom. The van der Waals surface area contributed by atoms with Gasteiger partial charge >= 0.3 is 6.03 Å². The molecule has 0 aliphatic carbocycles. The van der Waals surface area contributed by atoms with Crippen LogP contribution in [-0.2, 0) is 4.79 Å². The lowest BCUT2D eigenvalue weighted by molar-refractivity contribution is -0.122. The Hall–Kier alpha value is -5.04. The van der Waals surface area contributed by atoms with Crippen molar-refractivity contribution in [2.24, 2.45) is 5.92 Å². The first-order chi connectivity index (χ1) is 22.4. The van der Waals surface area contributed by atoms with Crippen LogP contribution in [0.5, 0.6) is 0 Å². The maximum atomic E-state index is 13.3. The molecule has 0 radical (unpaired) electrons. The Labute approximate surface area is 264 Å². The number of benzene rings is 2. The number of rotatable bonds is 5. The van der Waals surface area contributed by atoms with E-state index in [1.807, 2.05) is 28.7 Å². The Balaban J connectivity index is 0.819. The molecule has 13 heteroatoms. The molecule has 6 aliphatic heterocycles. The number of carbonyl (C=O) groups is 4. The molecule has 4 aromatic rings. The molecule has 46 heavy (non-hydrogen) atoms. The minimum absolute atomic E-state index is 0.0102. The smallest absolute Gasteiger partial charge is 0.343 e. The molecule has 1 N–H and O–H groups in total. The predicted molar refractivity (Wildman–Crippen MR) is 168 cm³/mol. The van der Waals surface area contributed by atoms with E-state index in [1.54, 1.807) is 12.1 Å². The van der Waals surface area contributed by atoms with Crippen molar-refractivity contribution in [3.05, 3.63) is 65.9 Å². The van der Waals surface area contributed by atoms with E-state index in [1.165, 1.54) is 0 Å². The monoisotopic (exact) mass is 619 g/mol. The van der Waals surface area contributed by atoms with Gasteiger partial charge in [0.05, 0.1) is 28.7 Å². The first-order valence-corrected chi connectivity index (χ1v) is 16.0. The number of piperidine rings is 2. The number of imide groups is 2. The summed E-state index contributed by atoms with van der Waals surface area (Å²) in [7, 11) is 0. The molecule has 5 saturated heterocycles. The molecule has 5 amide bonds. The molecule has 234 valence electrons. The minimum atomic E-state index is -0.754. The van der Waals surface area contributed by atoms with E-state index in [0.29, 0.717) is 23.6 Å². The molecule has 13 nitrogen and oxygen atoms in total. The number of nitrogens with zero attached hydrogens (tertiary/aromatic N) is 8. The van der Waals surface area contributed by atoms with Crippen molar-refractivity contribution in [3.63, 3.8) is 0 Å². The first-order valence-electron chi connectivity index (χ1n) is 16.0. The van der Waals surface area contributed by atoms with Crippen LogP contribution in [0, 0.1) is 5.92 Å². The number of imidazole rings is 1. The molecular formula is C33H33N9O4. The molecule has 2 aromatic heterocycles. The van der Waals surface area contributed by atoms with Crippen molar-refractivity contribution in [2.75, 3.05) is 49.1 Å². The Morgan fingerprint density at radius 2 is 1.63 bits per heavy atom. The average molecular weight is 620 g/mol. The zero-order valence-electron chi connectivity index (χ0n) is 25.2. The summed E-state index contributed by atoms with van der Waals surface area (Å²) in [5.74, 6) is 0.877. The number of piperazine rings is 1. The zero-order chi connectivity index (χ0) is 31.1. The number of fused-ring (bicyclic) bond motifs is 6. The Kier molecular flexibility index (Phi) is 6.07. The van der Waals surface area contributed by atoms with Gasteiger partial charge in [0.1, 0.15) is 5.82 Å². The summed E-state index contributed by atoms with van der Waals surface area (Å²) in [6.45, 7) is 4.98. The van der Waals surface area contributed by atoms with E-state index in [-0.39, 0.29) is 18.5 Å². The van der Waals surface area contributed by atoms with Gasteiger partial charge in [-0.05, 0) is 61.6 Å². The normalized spacial score (nSPS) is 23.8. The highest BCUT2D eigenvalue weighted by Crippen LogP contribution is 2.40. The fourth-order valence-electron chi connectivity index (χ4n) is 8.03. The van der Waals surface area contributed by atoms with Crippen LogP contribution in [-0.4, -0.2) is 104 Å². The number of anilines is 2. The number of carbonyl (C=O) groups excluding carboxylic acids is 4. The molecule has 2 bridgehead atoms. The molecule has 2 aromatic carbocycles. The van der Waals surface area contributed by atoms with Gasteiger partial charge in [0.2, 0.25) is 11.7 Å². The molecular weight excluding hydrogens is 586 g/mol. The van der Waals surface area contributed by atoms with E-state index in [4.69, 9.17) is 9.97 Å². The summed E-state index contributed by atoms with van der Waals surface area (Å²) in [6, 6.07) is 15.6. The average Bonchev–Trinajstić information content (AvgIpc) is 3.55. The number of para-hydroxylation sites is 2. The molecule has 10 rings (SSSR count). The second-order valence-corrected chi connectivity index (χ2v) is 13.0. The van der Waals surface area contributed by atoms with E-state index in [2.05, 4.69) is 38.3 Å². The SMILES string of the molecule is O=C1CCN(N2C(=O)c3ccc(N4C5CC4CN(CC4CCN(c6ccn7c(n6)nc6ccccc67)CC4)C5)cc3C2=O)C(=O)N1. The van der Waals surface area contributed by atoms with Crippen molar-refractivity contribution in [1.29, 1.82) is 0 Å². The summed E-state index contributed by atoms with van der Waals surface area (Å²) in [4.78, 5) is 67.2. The number of hydrogen-bond donors (Lipinski definition) is 1. The lowest BCUT2D eigenvalue weighted by Gasteiger charge is -2.58. The van der Waals surface area contributed by atoms with Crippen LogP contribution in [0.3, 0.4) is 0 Å². The van der Waals surface area contributed by atoms with Crippen LogP contribution < -0.4 is 15.1 Å². The fourth-order valence-corrected chi connectivity index (χ4v) is 8.03. The fraction of sp³-hybridized carbons (Fsp3) is 0.394. The summed E-state index contributed by atoms with van der Waals surface area (Å²) >= 11 is 0. The number of hydrogen-bond acceptors (Lipinski definition) is 9. The molecule has 0 spiro atoms. The summed E-state index contributed by atoms with van der Waals surface area (Å²) < 4.78 is 2.05. The van der Waals surface area contributed by atoms with Crippen molar-refractivity contribution < 1.29 is 19.2 Å². The molecule has 0 saturated carbocycles. The summed E-state index contributed by atoms with van der Waals surface area (Å²) in [5, 5.41) is 4.08. The van der Waals surface area contributed by atoms with Gasteiger partial charge in [-0.1, -0.05) is 12.1 Å². The third kappa shape index (κ3) is 4.25. The van der Waals surface area contributed by atoms with Crippen molar-refractivity contribution in [1.82, 2.24) is 34.6 Å². The number of aromatic nitrogens is 3. The predicted octanol–water partition coefficient (Wildman–Crippen LogP) is 2.51. The van der Waals surface area contributed by atoms with Crippen LogP contribution in [0.1, 0.15) is 46.4 Å². The van der Waals surface area contributed by atoms with Crippen LogP contribution in [0.2, 0.25) is 0 Å². The highest BCUT2D eigenvalue weighted by atomic mass is 16.2. The van der Waals surface area contributed by atoms with Crippen LogP contribution in [0.15, 0.2) is 54.7 Å². The van der Waals surface area contributed by atoms with Gasteiger partial charge in [0.15, 0.2) is 0 Å². The van der Waals surface area contributed by atoms with Gasteiger partial charge in [-0.25, -0.2) is 14.8 Å². The van der Waals surface area contributed by atoms with E-state index in [0.717, 1.165) is 90.3 Å². The number of amides is 5. The lowest BCUT2D eigenvalue weighted by atomic mass is 9.85. The lowest BCUT2D eigenvalue weighted by Crippen LogP contribution is -2.69. The topological polar surface area (TPSA) is 127 Å². The second kappa shape index (κ2) is 10.2. The van der Waals surface area contributed by atoms with Gasteiger partial charge in [0, 0.05) is 63.1 Å². The highest BCUT2D eigenvalue weighted by Gasteiger charge is 2.47. The quantitative estimate of drug-likeness (QED) is 0.336. The summed E-state index contributed by atoms with van der Waals surface area (Å²) in [6.07, 6.45) is 5.48. The van der Waals surface area contributed by atoms with E-state index < -0.39 is 23.8 Å². The van der Waals surface area contributed by atoms with E-state index >= 15 is 0 Å². The van der Waals surface area contributed by atoms with Crippen LogP contribution in [0.25, 0.3) is 16.8 Å². The maximum Gasteiger partial charge on any atom is 0.343 e. The Bertz CT molecular complexity index is 1940. The highest BCUT2D eigenvalue weighted by molar-refractivity contribution is 6.22. The molecule has 5 fully saturated rings. The summed E-state index contributed by atoms with van der Waals surface area (Å²) in [5.41, 5.74) is 3.55. The van der Waals surface area contributed by atoms with Crippen molar-refractivity contribution in [2.45, 2.75) is 37.8 Å².